The van der Waals surface area contributed by atoms with E-state index in [0.717, 1.165) is 35.2 Å². The Morgan fingerprint density at radius 2 is 2.04 bits per heavy atom. The number of aromatic nitrogens is 1. The van der Waals surface area contributed by atoms with Gasteiger partial charge in [-0.05, 0) is 55.1 Å². The van der Waals surface area contributed by atoms with E-state index < -0.39 is 12.7 Å². The van der Waals surface area contributed by atoms with Gasteiger partial charge in [0.05, 0.1) is 0 Å². The van der Waals surface area contributed by atoms with Crippen molar-refractivity contribution in [3.8, 4) is 11.3 Å². The Bertz CT molecular complexity index is 960. The van der Waals surface area contributed by atoms with Crippen molar-refractivity contribution in [2.75, 3.05) is 0 Å². The SMILES string of the molecule is [2H]C([2H])([2H])c1ccc(-c2cc3c(c[n+]2C)C2(C)CCC3([2H])C2(C)C)c(C)c1. The van der Waals surface area contributed by atoms with Crippen LogP contribution in [0, 0.1) is 19.2 Å². The van der Waals surface area contributed by atoms with Crippen LogP contribution >= 0.6 is 0 Å². The number of hydrogen-bond donors (Lipinski definition) is 0. The van der Waals surface area contributed by atoms with Crippen molar-refractivity contribution >= 4 is 0 Å². The zero-order chi connectivity index (χ0) is 20.0. The quantitative estimate of drug-likeness (QED) is 0.655. The predicted molar refractivity (Wildman–Crippen MR) is 95.6 cm³/mol. The van der Waals surface area contributed by atoms with Crippen molar-refractivity contribution in [2.24, 2.45) is 12.5 Å². The number of pyridine rings is 1. The first-order chi connectivity index (χ1) is 12.3. The fourth-order valence-corrected chi connectivity index (χ4v) is 4.83. The maximum atomic E-state index is 9.30. The summed E-state index contributed by atoms with van der Waals surface area (Å²) in [5.74, 6) is -0.563. The molecule has 120 valence electrons. The van der Waals surface area contributed by atoms with Gasteiger partial charge in [-0.3, -0.25) is 0 Å². The van der Waals surface area contributed by atoms with Crippen molar-refractivity contribution in [1.29, 1.82) is 0 Å². The standard InChI is InChI=1S/C22H28N/c1-14-7-8-16(15(2)11-14)20-12-17-18-9-10-22(5,21(18,3)4)19(17)13-23(20)6/h7-8,11-13,18H,9-10H2,1-6H3/q+1/i1D3,18D. The highest BCUT2D eigenvalue weighted by atomic mass is 14.9. The van der Waals surface area contributed by atoms with E-state index in [0.29, 0.717) is 5.56 Å². The normalized spacial score (nSPS) is 33.6. The largest absolute Gasteiger partial charge is 0.212 e. The van der Waals surface area contributed by atoms with Gasteiger partial charge in [0.15, 0.2) is 6.20 Å². The lowest BCUT2D eigenvalue weighted by molar-refractivity contribution is -0.661. The summed E-state index contributed by atoms with van der Waals surface area (Å²) < 4.78 is 34.3. The zero-order valence-corrected chi connectivity index (χ0v) is 14.7. The summed E-state index contributed by atoms with van der Waals surface area (Å²) in [6, 6.07) is 7.57. The second-order valence-corrected chi connectivity index (χ2v) is 8.06. The van der Waals surface area contributed by atoms with Crippen LogP contribution in [0.25, 0.3) is 11.3 Å². The highest BCUT2D eigenvalue weighted by molar-refractivity contribution is 5.64. The number of nitrogens with zero attached hydrogens (tertiary/aromatic N) is 1. The summed E-state index contributed by atoms with van der Waals surface area (Å²) >= 11 is 0. The Balaban J connectivity index is 1.90. The molecule has 1 aromatic carbocycles. The van der Waals surface area contributed by atoms with E-state index in [1.165, 1.54) is 5.56 Å². The highest BCUT2D eigenvalue weighted by Crippen LogP contribution is 2.67. The van der Waals surface area contributed by atoms with Gasteiger partial charge in [0.1, 0.15) is 7.05 Å². The number of rotatable bonds is 1. The molecule has 1 heteroatoms. The Labute approximate surface area is 146 Å². The molecule has 23 heavy (non-hydrogen) atoms. The van der Waals surface area contributed by atoms with Crippen molar-refractivity contribution in [2.45, 2.75) is 58.7 Å². The van der Waals surface area contributed by atoms with Gasteiger partial charge in [0.25, 0.3) is 0 Å². The third-order valence-electron chi connectivity index (χ3n) is 6.70. The maximum absolute atomic E-state index is 9.30. The number of aryl methyl sites for hydroxylation is 3. The molecular weight excluding hydrogens is 278 g/mol. The number of hydrogen-bond acceptors (Lipinski definition) is 0. The van der Waals surface area contributed by atoms with Crippen molar-refractivity contribution in [3.05, 3.63) is 52.7 Å². The third-order valence-corrected chi connectivity index (χ3v) is 6.70. The van der Waals surface area contributed by atoms with Gasteiger partial charge in [-0.2, -0.15) is 0 Å². The highest BCUT2D eigenvalue weighted by Gasteiger charge is 2.60. The van der Waals surface area contributed by atoms with Crippen LogP contribution in [0.15, 0.2) is 30.5 Å². The lowest BCUT2D eigenvalue weighted by Crippen LogP contribution is -2.36. The smallest absolute Gasteiger partial charge is 0.201 e. The number of benzene rings is 1. The molecule has 2 aromatic rings. The molecule has 0 N–H and O–H groups in total. The molecule has 0 amide bonds. The van der Waals surface area contributed by atoms with E-state index in [2.05, 4.69) is 37.6 Å². The molecule has 1 saturated carbocycles. The molecule has 0 aliphatic heterocycles. The topological polar surface area (TPSA) is 3.88 Å². The van der Waals surface area contributed by atoms with Crippen LogP contribution in [0.3, 0.4) is 0 Å². The van der Waals surface area contributed by atoms with Gasteiger partial charge >= 0.3 is 0 Å². The Morgan fingerprint density at radius 3 is 2.74 bits per heavy atom. The van der Waals surface area contributed by atoms with Crippen LogP contribution in [0.1, 0.15) is 67.2 Å². The molecule has 1 fully saturated rings. The van der Waals surface area contributed by atoms with Crippen LogP contribution < -0.4 is 4.57 Å². The van der Waals surface area contributed by atoms with Crippen molar-refractivity contribution in [1.82, 2.24) is 0 Å². The first kappa shape index (κ1) is 11.0. The molecule has 2 atom stereocenters. The molecule has 1 heterocycles. The molecule has 2 bridgehead atoms. The number of fused-ring (bicyclic) bond motifs is 5. The van der Waals surface area contributed by atoms with Crippen LogP contribution in [0.5, 0.6) is 0 Å². The average Bonchev–Trinajstić information content (AvgIpc) is 2.82. The van der Waals surface area contributed by atoms with Gasteiger partial charge in [-0.15, -0.1) is 0 Å². The Morgan fingerprint density at radius 1 is 1.26 bits per heavy atom. The summed E-state index contributed by atoms with van der Waals surface area (Å²) in [4.78, 5) is 0. The Kier molecular flexibility index (Phi) is 2.14. The third kappa shape index (κ3) is 1.77. The molecule has 0 spiro atoms. The molecule has 1 aromatic heterocycles. The van der Waals surface area contributed by atoms with E-state index >= 15 is 0 Å². The average molecular weight is 310 g/mol. The second kappa shape index (κ2) is 4.47. The van der Waals surface area contributed by atoms with Crippen LogP contribution in [0.4, 0.5) is 0 Å². The molecule has 0 radical (unpaired) electrons. The summed E-state index contributed by atoms with van der Waals surface area (Å²) in [6.45, 7) is 6.66. The predicted octanol–water partition coefficient (Wildman–Crippen LogP) is 4.97. The molecule has 0 saturated heterocycles. The van der Waals surface area contributed by atoms with Crippen LogP contribution in [0.2, 0.25) is 0 Å². The molecule has 4 rings (SSSR count). The van der Waals surface area contributed by atoms with E-state index in [9.17, 15) is 1.37 Å². The van der Waals surface area contributed by atoms with Crippen molar-refractivity contribution < 1.29 is 10.1 Å². The fraction of sp³-hybridized carbons (Fsp3) is 0.500. The monoisotopic (exact) mass is 310 g/mol. The minimum absolute atomic E-state index is 0.0283. The molecule has 1 nitrogen and oxygen atoms in total. The summed E-state index contributed by atoms with van der Waals surface area (Å²) in [7, 11) is 2.05. The van der Waals surface area contributed by atoms with Gasteiger partial charge < -0.3 is 0 Å². The second-order valence-electron chi connectivity index (χ2n) is 8.06. The minimum atomic E-state index is -2.09. The van der Waals surface area contributed by atoms with Gasteiger partial charge in [0.2, 0.25) is 5.69 Å². The van der Waals surface area contributed by atoms with E-state index in [1.54, 1.807) is 12.1 Å². The summed E-state index contributed by atoms with van der Waals surface area (Å²) in [6.07, 6.45) is 4.16. The summed E-state index contributed by atoms with van der Waals surface area (Å²) in [5, 5.41) is 0. The fourth-order valence-electron chi connectivity index (χ4n) is 4.83. The van der Waals surface area contributed by atoms with Crippen LogP contribution in [-0.2, 0) is 12.5 Å². The first-order valence-electron chi connectivity index (χ1n) is 10.5. The lowest BCUT2D eigenvalue weighted by atomic mass is 9.69. The summed E-state index contributed by atoms with van der Waals surface area (Å²) in [5.41, 5.74) is 5.77. The van der Waals surface area contributed by atoms with Gasteiger partial charge in [-0.25, -0.2) is 4.57 Å². The zero-order valence-electron chi connectivity index (χ0n) is 18.7. The molecule has 2 aliphatic carbocycles. The first-order valence-corrected chi connectivity index (χ1v) is 8.49. The van der Waals surface area contributed by atoms with E-state index in [-0.39, 0.29) is 10.8 Å². The van der Waals surface area contributed by atoms with E-state index in [4.69, 9.17) is 4.11 Å². The molecule has 2 aliphatic rings. The van der Waals surface area contributed by atoms with Crippen molar-refractivity contribution in [3.63, 3.8) is 0 Å². The van der Waals surface area contributed by atoms with E-state index in [1.807, 2.05) is 20.0 Å². The Hall–Kier alpha value is -1.63. The maximum Gasteiger partial charge on any atom is 0.212 e. The minimum Gasteiger partial charge on any atom is -0.201 e. The molecule has 2 unspecified atom stereocenters. The van der Waals surface area contributed by atoms with Gasteiger partial charge in [0, 0.05) is 28.1 Å². The lowest BCUT2D eigenvalue weighted by Gasteiger charge is -2.34. The van der Waals surface area contributed by atoms with Crippen LogP contribution in [-0.4, -0.2) is 0 Å². The van der Waals surface area contributed by atoms with Gasteiger partial charge in [-0.1, -0.05) is 38.5 Å². The molecular formula is C22H28N+.